The molecule has 2 aromatic rings. The maximum Gasteiger partial charge on any atom is 0.134 e. The largest absolute Gasteiger partial charge is 0.496 e. The number of nitrogen functional groups attached to an aromatic ring is 1. The van der Waals surface area contributed by atoms with Crippen LogP contribution < -0.4 is 10.5 Å². The fourth-order valence-corrected chi connectivity index (χ4v) is 2.65. The lowest BCUT2D eigenvalue weighted by Crippen LogP contribution is -1.94. The molecule has 0 aliphatic heterocycles. The van der Waals surface area contributed by atoms with Gasteiger partial charge in [0.05, 0.1) is 7.11 Å². The van der Waals surface area contributed by atoms with Crippen LogP contribution in [0.1, 0.15) is 5.56 Å². The third-order valence-electron chi connectivity index (χ3n) is 2.62. The zero-order valence-electron chi connectivity index (χ0n) is 10.3. The fraction of sp³-hybridized carbons (Fsp3) is 0.143. The molecule has 19 heavy (non-hydrogen) atoms. The molecule has 0 aromatic heterocycles. The second-order valence-corrected chi connectivity index (χ2v) is 4.92. The van der Waals surface area contributed by atoms with Crippen molar-refractivity contribution < 1.29 is 13.5 Å². The molecule has 2 nitrogen and oxygen atoms in total. The molecule has 0 radical (unpaired) electrons. The molecule has 0 heterocycles. The summed E-state index contributed by atoms with van der Waals surface area (Å²) >= 11 is 1.30. The van der Waals surface area contributed by atoms with Gasteiger partial charge in [-0.3, -0.25) is 0 Å². The molecule has 5 heteroatoms. The van der Waals surface area contributed by atoms with Gasteiger partial charge in [-0.2, -0.15) is 0 Å². The van der Waals surface area contributed by atoms with Crippen molar-refractivity contribution in [2.45, 2.75) is 10.6 Å². The lowest BCUT2D eigenvalue weighted by Gasteiger charge is -2.09. The molecule has 0 spiro atoms. The van der Waals surface area contributed by atoms with E-state index in [-0.39, 0.29) is 11.3 Å². The summed E-state index contributed by atoms with van der Waals surface area (Å²) in [5.41, 5.74) is 6.29. The van der Waals surface area contributed by atoms with Gasteiger partial charge in [0.1, 0.15) is 17.4 Å². The molecule has 0 fully saturated rings. The Bertz CT molecular complexity index is 569. The Morgan fingerprint density at radius 1 is 1.16 bits per heavy atom. The van der Waals surface area contributed by atoms with Crippen molar-refractivity contribution in [3.8, 4) is 5.75 Å². The molecule has 2 aromatic carbocycles. The average molecular weight is 281 g/mol. The summed E-state index contributed by atoms with van der Waals surface area (Å²) in [6.07, 6.45) is 0. The van der Waals surface area contributed by atoms with Crippen molar-refractivity contribution in [1.29, 1.82) is 0 Å². The molecule has 0 bridgehead atoms. The van der Waals surface area contributed by atoms with Crippen molar-refractivity contribution in [2.75, 3.05) is 12.8 Å². The topological polar surface area (TPSA) is 35.2 Å². The maximum atomic E-state index is 13.5. The summed E-state index contributed by atoms with van der Waals surface area (Å²) in [6, 6.07) is 9.03. The molecule has 0 saturated heterocycles. The normalized spacial score (nSPS) is 10.5. The minimum absolute atomic E-state index is 0.0615. The number of hydrogen-bond acceptors (Lipinski definition) is 3. The number of rotatable bonds is 4. The van der Waals surface area contributed by atoms with Gasteiger partial charge in [0.25, 0.3) is 0 Å². The van der Waals surface area contributed by atoms with E-state index in [0.29, 0.717) is 11.4 Å². The molecule has 0 aliphatic rings. The van der Waals surface area contributed by atoms with E-state index in [1.54, 1.807) is 18.2 Å². The van der Waals surface area contributed by atoms with Crippen LogP contribution in [0.15, 0.2) is 41.3 Å². The SMILES string of the molecule is COc1cc(N)ccc1SCc1c(F)cccc1F. The molecule has 0 saturated carbocycles. The Hall–Kier alpha value is -1.75. The highest BCUT2D eigenvalue weighted by atomic mass is 32.2. The predicted octanol–water partition coefficient (Wildman–Crippen LogP) is 3.85. The second-order valence-electron chi connectivity index (χ2n) is 3.90. The van der Waals surface area contributed by atoms with Gasteiger partial charge in [0.15, 0.2) is 0 Å². The summed E-state index contributed by atoms with van der Waals surface area (Å²) in [5.74, 6) is -0.288. The standard InChI is InChI=1S/C14H13F2NOS/c1-18-13-7-9(17)5-6-14(13)19-8-10-11(15)3-2-4-12(10)16/h2-7H,8,17H2,1H3. The third-order valence-corrected chi connectivity index (χ3v) is 3.70. The predicted molar refractivity (Wildman–Crippen MR) is 73.3 cm³/mol. The van der Waals surface area contributed by atoms with Gasteiger partial charge < -0.3 is 10.5 Å². The zero-order chi connectivity index (χ0) is 13.8. The van der Waals surface area contributed by atoms with Gasteiger partial charge in [-0.15, -0.1) is 11.8 Å². The first-order chi connectivity index (χ1) is 9.11. The van der Waals surface area contributed by atoms with Gasteiger partial charge in [-0.05, 0) is 24.3 Å². The Morgan fingerprint density at radius 3 is 2.47 bits per heavy atom. The van der Waals surface area contributed by atoms with Crippen molar-refractivity contribution in [1.82, 2.24) is 0 Å². The maximum absolute atomic E-state index is 13.5. The van der Waals surface area contributed by atoms with Gasteiger partial charge in [-0.25, -0.2) is 8.78 Å². The van der Waals surface area contributed by atoms with E-state index in [2.05, 4.69) is 0 Å². The summed E-state index contributed by atoms with van der Waals surface area (Å²) in [7, 11) is 1.53. The number of thioether (sulfide) groups is 1. The Labute approximate surface area is 114 Å². The number of benzene rings is 2. The summed E-state index contributed by atoms with van der Waals surface area (Å²) in [5, 5.41) is 0. The van der Waals surface area contributed by atoms with Crippen LogP contribution in [0.25, 0.3) is 0 Å². The van der Waals surface area contributed by atoms with E-state index in [9.17, 15) is 8.78 Å². The molecule has 0 unspecified atom stereocenters. The molecule has 2 rings (SSSR count). The van der Waals surface area contributed by atoms with E-state index >= 15 is 0 Å². The quantitative estimate of drug-likeness (QED) is 0.683. The molecular formula is C14H13F2NOS. The highest BCUT2D eigenvalue weighted by molar-refractivity contribution is 7.98. The van der Waals surface area contributed by atoms with Crippen LogP contribution in [0.2, 0.25) is 0 Å². The van der Waals surface area contributed by atoms with Crippen LogP contribution in [0.4, 0.5) is 14.5 Å². The van der Waals surface area contributed by atoms with Crippen LogP contribution in [0.3, 0.4) is 0 Å². The molecule has 2 N–H and O–H groups in total. The summed E-state index contributed by atoms with van der Waals surface area (Å²) < 4.78 is 32.2. The lowest BCUT2D eigenvalue weighted by atomic mass is 10.2. The van der Waals surface area contributed by atoms with E-state index < -0.39 is 11.6 Å². The van der Waals surface area contributed by atoms with Gasteiger partial charge >= 0.3 is 0 Å². The first-order valence-corrected chi connectivity index (χ1v) is 6.59. The summed E-state index contributed by atoms with van der Waals surface area (Å²) in [4.78, 5) is 0.791. The van der Waals surface area contributed by atoms with Gasteiger partial charge in [0, 0.05) is 28.0 Å². The average Bonchev–Trinajstić information content (AvgIpc) is 2.39. The number of hydrogen-bond donors (Lipinski definition) is 1. The number of halogens is 2. The number of anilines is 1. The van der Waals surface area contributed by atoms with Crippen LogP contribution >= 0.6 is 11.8 Å². The third kappa shape index (κ3) is 3.17. The summed E-state index contributed by atoms with van der Waals surface area (Å²) in [6.45, 7) is 0. The van der Waals surface area contributed by atoms with E-state index in [1.807, 2.05) is 0 Å². The smallest absolute Gasteiger partial charge is 0.134 e. The van der Waals surface area contributed by atoms with Crippen molar-refractivity contribution >= 4 is 17.4 Å². The fourth-order valence-electron chi connectivity index (χ4n) is 1.62. The Kier molecular flexibility index (Phi) is 4.27. The van der Waals surface area contributed by atoms with Crippen LogP contribution in [-0.4, -0.2) is 7.11 Å². The highest BCUT2D eigenvalue weighted by Crippen LogP contribution is 2.34. The second kappa shape index (κ2) is 5.93. The highest BCUT2D eigenvalue weighted by Gasteiger charge is 2.11. The van der Waals surface area contributed by atoms with Gasteiger partial charge in [-0.1, -0.05) is 6.07 Å². The van der Waals surface area contributed by atoms with E-state index in [0.717, 1.165) is 4.90 Å². The number of methoxy groups -OCH3 is 1. The van der Waals surface area contributed by atoms with Crippen LogP contribution in [-0.2, 0) is 5.75 Å². The van der Waals surface area contributed by atoms with E-state index in [4.69, 9.17) is 10.5 Å². The minimum Gasteiger partial charge on any atom is -0.496 e. The molecule has 0 atom stereocenters. The molecule has 0 amide bonds. The first kappa shape index (κ1) is 13.7. The minimum atomic E-state index is -0.540. The van der Waals surface area contributed by atoms with Crippen LogP contribution in [0, 0.1) is 11.6 Å². The first-order valence-electron chi connectivity index (χ1n) is 5.61. The number of ether oxygens (including phenoxy) is 1. The van der Waals surface area contributed by atoms with E-state index in [1.165, 1.54) is 37.1 Å². The van der Waals surface area contributed by atoms with Gasteiger partial charge in [0.2, 0.25) is 0 Å². The van der Waals surface area contributed by atoms with Crippen LogP contribution in [0.5, 0.6) is 5.75 Å². The number of nitrogens with two attached hydrogens (primary N) is 1. The Balaban J connectivity index is 2.19. The zero-order valence-corrected chi connectivity index (χ0v) is 11.1. The Morgan fingerprint density at radius 2 is 1.84 bits per heavy atom. The molecule has 0 aliphatic carbocycles. The van der Waals surface area contributed by atoms with Crippen molar-refractivity contribution in [2.24, 2.45) is 0 Å². The molecular weight excluding hydrogens is 268 g/mol. The van der Waals surface area contributed by atoms with Crippen molar-refractivity contribution in [3.63, 3.8) is 0 Å². The monoisotopic (exact) mass is 281 g/mol. The van der Waals surface area contributed by atoms with Crippen molar-refractivity contribution in [3.05, 3.63) is 53.6 Å². The molecule has 100 valence electrons. The lowest BCUT2D eigenvalue weighted by molar-refractivity contribution is 0.405.